The Bertz CT molecular complexity index is 1400. The summed E-state index contributed by atoms with van der Waals surface area (Å²) in [5.74, 6) is 6.08. The van der Waals surface area contributed by atoms with Gasteiger partial charge < -0.3 is 4.74 Å². The number of aromatic nitrogens is 1. The average Bonchev–Trinajstić information content (AvgIpc) is 3.15. The predicted molar refractivity (Wildman–Crippen MR) is 134 cm³/mol. The number of amides is 2. The molecule has 35 heavy (non-hydrogen) atoms. The number of halogens is 1. The molecule has 1 aliphatic rings. The smallest absolute Gasteiger partial charge is 0.287 e. The van der Waals surface area contributed by atoms with Gasteiger partial charge in [0, 0.05) is 29.4 Å². The molecule has 1 saturated heterocycles. The second-order valence-electron chi connectivity index (χ2n) is 7.52. The van der Waals surface area contributed by atoms with E-state index in [1.165, 1.54) is 24.3 Å². The van der Waals surface area contributed by atoms with Crippen LogP contribution in [0.5, 0.6) is 11.5 Å². The molecule has 1 unspecified atom stereocenters. The lowest BCUT2D eigenvalue weighted by Gasteiger charge is -2.24. The maximum absolute atomic E-state index is 13.6. The van der Waals surface area contributed by atoms with Gasteiger partial charge >= 0.3 is 0 Å². The zero-order valence-electron chi connectivity index (χ0n) is 18.2. The highest BCUT2D eigenvalue weighted by molar-refractivity contribution is 8.25. The third-order valence-electron chi connectivity index (χ3n) is 5.16. The number of imide groups is 1. The number of sulfone groups is 1. The molecule has 10 heteroatoms. The fourth-order valence-electron chi connectivity index (χ4n) is 3.41. The Labute approximate surface area is 212 Å². The number of benzene rings is 2. The number of carbonyl (C=O) groups is 2. The monoisotopic (exact) mass is 526 g/mol. The van der Waals surface area contributed by atoms with E-state index in [0.717, 1.165) is 5.56 Å². The summed E-state index contributed by atoms with van der Waals surface area (Å²) in [6.07, 6.45) is 3.73. The maximum atomic E-state index is 13.6. The number of pyridine rings is 1. The second-order valence-corrected chi connectivity index (χ2v) is 11.7. The molecule has 4 rings (SSSR count). The molecule has 2 heterocycles. The lowest BCUT2D eigenvalue weighted by molar-refractivity contribution is -0.120. The Kier molecular flexibility index (Phi) is 7.45. The zero-order chi connectivity index (χ0) is 24.9. The molecule has 178 valence electrons. The number of nitrogens with one attached hydrogen (secondary N) is 1. The van der Waals surface area contributed by atoms with Crippen molar-refractivity contribution in [2.75, 3.05) is 0 Å². The minimum absolute atomic E-state index is 0.0673. The fourth-order valence-corrected chi connectivity index (χ4v) is 6.91. The largest absolute Gasteiger partial charge is 0.457 e. The van der Waals surface area contributed by atoms with Crippen LogP contribution < -0.4 is 10.1 Å². The van der Waals surface area contributed by atoms with Gasteiger partial charge in [-0.15, -0.1) is 0 Å². The Morgan fingerprint density at radius 3 is 2.26 bits per heavy atom. The van der Waals surface area contributed by atoms with Crippen molar-refractivity contribution in [3.05, 3.63) is 83.6 Å². The van der Waals surface area contributed by atoms with E-state index in [-0.39, 0.29) is 11.3 Å². The van der Waals surface area contributed by atoms with Gasteiger partial charge in [-0.25, -0.2) is 8.42 Å². The number of hydrogen-bond acceptors (Lipinski definition) is 7. The van der Waals surface area contributed by atoms with E-state index in [4.69, 9.17) is 16.3 Å². The molecule has 1 aromatic heterocycles. The molecule has 0 aliphatic carbocycles. The predicted octanol–water partition coefficient (Wildman–Crippen LogP) is 5.20. The van der Waals surface area contributed by atoms with Crippen molar-refractivity contribution in [2.45, 2.75) is 28.2 Å². The SMILES string of the molecule is O=C1NC(=O)C(CCCC#Cc2ccc(Cl)cc2)(S(=O)(=O)c2ccc(Oc3ccncc3)cc2)S1. The molecule has 1 atom stereocenters. The number of carbonyl (C=O) groups excluding carboxylic acids is 2. The summed E-state index contributed by atoms with van der Waals surface area (Å²) >= 11 is 6.36. The van der Waals surface area contributed by atoms with Crippen molar-refractivity contribution in [3.8, 4) is 23.3 Å². The van der Waals surface area contributed by atoms with Crippen LogP contribution in [-0.2, 0) is 14.6 Å². The van der Waals surface area contributed by atoms with E-state index in [9.17, 15) is 18.0 Å². The van der Waals surface area contributed by atoms with Crippen molar-refractivity contribution in [2.24, 2.45) is 0 Å². The van der Waals surface area contributed by atoms with Gasteiger partial charge in [0.1, 0.15) is 11.5 Å². The lowest BCUT2D eigenvalue weighted by Crippen LogP contribution is -2.43. The van der Waals surface area contributed by atoms with Crippen LogP contribution >= 0.6 is 23.4 Å². The molecule has 1 fully saturated rings. The molecule has 7 nitrogen and oxygen atoms in total. The van der Waals surface area contributed by atoms with E-state index < -0.39 is 25.1 Å². The van der Waals surface area contributed by atoms with Crippen LogP contribution in [0.15, 0.2) is 78.0 Å². The number of nitrogens with zero attached hydrogens (tertiary/aromatic N) is 1. The summed E-state index contributed by atoms with van der Waals surface area (Å²) in [5.41, 5.74) is 0.772. The molecule has 2 amide bonds. The molecule has 3 aromatic rings. The highest BCUT2D eigenvalue weighted by Crippen LogP contribution is 2.44. The third kappa shape index (κ3) is 5.51. The van der Waals surface area contributed by atoms with Gasteiger partial charge in [0.25, 0.3) is 11.1 Å². The van der Waals surface area contributed by atoms with Crippen LogP contribution in [-0.4, -0.2) is 28.6 Å². The molecule has 0 bridgehead atoms. The van der Waals surface area contributed by atoms with E-state index in [1.807, 2.05) is 0 Å². The highest BCUT2D eigenvalue weighted by atomic mass is 35.5. The Balaban J connectivity index is 1.51. The number of unbranched alkanes of at least 4 members (excludes halogenated alkanes) is 1. The zero-order valence-corrected chi connectivity index (χ0v) is 20.6. The Morgan fingerprint density at radius 1 is 0.971 bits per heavy atom. The van der Waals surface area contributed by atoms with Crippen LogP contribution in [0.25, 0.3) is 0 Å². The van der Waals surface area contributed by atoms with E-state index in [2.05, 4.69) is 22.1 Å². The van der Waals surface area contributed by atoms with Gasteiger partial charge in [0.15, 0.2) is 0 Å². The minimum atomic E-state index is -4.21. The quantitative estimate of drug-likeness (QED) is 0.333. The normalized spacial score (nSPS) is 17.4. The number of ether oxygens (including phenoxy) is 1. The summed E-state index contributed by atoms with van der Waals surface area (Å²) in [4.78, 5) is 28.6. The first-order valence-electron chi connectivity index (χ1n) is 10.5. The van der Waals surface area contributed by atoms with Gasteiger partial charge in [0.05, 0.1) is 4.90 Å². The minimum Gasteiger partial charge on any atom is -0.457 e. The standard InChI is InChI=1S/C25H19ClN2O5S2/c26-19-7-5-18(6-8-19)4-2-1-3-15-25(23(29)28-24(30)34-25)35(31,32)22-11-9-20(10-12-22)33-21-13-16-27-17-14-21/h5-14,16-17H,1,3,15H2,(H,28,29,30). The summed E-state index contributed by atoms with van der Waals surface area (Å²) < 4.78 is 30.9. The van der Waals surface area contributed by atoms with Crippen LogP contribution in [0.3, 0.4) is 0 Å². The lowest BCUT2D eigenvalue weighted by atomic mass is 10.1. The summed E-state index contributed by atoms with van der Waals surface area (Å²) in [5, 5.41) is 2.04. The van der Waals surface area contributed by atoms with Gasteiger partial charge in [-0.3, -0.25) is 19.9 Å². The van der Waals surface area contributed by atoms with Crippen molar-refractivity contribution >= 4 is 44.3 Å². The highest BCUT2D eigenvalue weighted by Gasteiger charge is 2.57. The fraction of sp³-hybridized carbons (Fsp3) is 0.160. The topological polar surface area (TPSA) is 102 Å². The number of hydrogen-bond donors (Lipinski definition) is 1. The Hall–Kier alpha value is -3.32. The molecule has 2 aromatic carbocycles. The number of thioether (sulfide) groups is 1. The second kappa shape index (κ2) is 10.5. The third-order valence-corrected chi connectivity index (χ3v) is 9.47. The molecule has 0 spiro atoms. The van der Waals surface area contributed by atoms with E-state index in [1.54, 1.807) is 48.8 Å². The van der Waals surface area contributed by atoms with Crippen LogP contribution in [0, 0.1) is 11.8 Å². The van der Waals surface area contributed by atoms with E-state index >= 15 is 0 Å². The first-order valence-corrected chi connectivity index (χ1v) is 13.2. The maximum Gasteiger partial charge on any atom is 0.287 e. The molecule has 0 radical (unpaired) electrons. The molecular formula is C25H19ClN2O5S2. The van der Waals surface area contributed by atoms with Gasteiger partial charge in [0.2, 0.25) is 13.9 Å². The van der Waals surface area contributed by atoms with Crippen molar-refractivity contribution in [1.82, 2.24) is 10.3 Å². The van der Waals surface area contributed by atoms with Crippen LogP contribution in [0.2, 0.25) is 5.02 Å². The molecule has 1 aliphatic heterocycles. The Morgan fingerprint density at radius 2 is 1.63 bits per heavy atom. The summed E-state index contributed by atoms with van der Waals surface area (Å²) in [7, 11) is -4.21. The van der Waals surface area contributed by atoms with E-state index in [0.29, 0.717) is 41.1 Å². The number of rotatable bonds is 7. The van der Waals surface area contributed by atoms with Crippen molar-refractivity contribution in [3.63, 3.8) is 0 Å². The molecule has 0 saturated carbocycles. The summed E-state index contributed by atoms with van der Waals surface area (Å²) in [6, 6.07) is 16.1. The molecule has 1 N–H and O–H groups in total. The molecular weight excluding hydrogens is 508 g/mol. The first-order chi connectivity index (χ1) is 16.8. The van der Waals surface area contributed by atoms with Gasteiger partial charge in [-0.1, -0.05) is 23.4 Å². The van der Waals surface area contributed by atoms with Crippen LogP contribution in [0.1, 0.15) is 24.8 Å². The average molecular weight is 527 g/mol. The first kappa shape index (κ1) is 24.8. The summed E-state index contributed by atoms with van der Waals surface area (Å²) in [6.45, 7) is 0. The van der Waals surface area contributed by atoms with Crippen LogP contribution in [0.4, 0.5) is 4.79 Å². The van der Waals surface area contributed by atoms with Gasteiger partial charge in [-0.05, 0) is 85.3 Å². The van der Waals surface area contributed by atoms with Crippen molar-refractivity contribution in [1.29, 1.82) is 0 Å². The van der Waals surface area contributed by atoms with Crippen molar-refractivity contribution < 1.29 is 22.7 Å². The van der Waals surface area contributed by atoms with Gasteiger partial charge in [-0.2, -0.15) is 0 Å².